The number of hydrogen-bond donors (Lipinski definition) is 2. The fourth-order valence-electron chi connectivity index (χ4n) is 2.87. The van der Waals surface area contributed by atoms with Crippen molar-refractivity contribution < 1.29 is 19.5 Å². The molecule has 6 heteroatoms. The van der Waals surface area contributed by atoms with Crippen LogP contribution < -0.4 is 5.32 Å². The van der Waals surface area contributed by atoms with Gasteiger partial charge >= 0.3 is 5.97 Å². The van der Waals surface area contributed by atoms with Gasteiger partial charge in [-0.2, -0.15) is 0 Å². The molecule has 1 saturated carbocycles. The van der Waals surface area contributed by atoms with Crippen molar-refractivity contribution >= 4 is 17.8 Å². The van der Waals surface area contributed by atoms with Crippen LogP contribution in [0.4, 0.5) is 0 Å². The van der Waals surface area contributed by atoms with Crippen molar-refractivity contribution in [3.8, 4) is 0 Å². The van der Waals surface area contributed by atoms with E-state index >= 15 is 0 Å². The molecule has 0 heterocycles. The van der Waals surface area contributed by atoms with Gasteiger partial charge in [-0.25, -0.2) is 0 Å². The van der Waals surface area contributed by atoms with Gasteiger partial charge in [0, 0.05) is 31.5 Å². The minimum absolute atomic E-state index is 0.0435. The highest BCUT2D eigenvalue weighted by molar-refractivity contribution is 5.81. The average Bonchev–Trinajstić information content (AvgIpc) is 2.92. The molecule has 2 amide bonds. The highest BCUT2D eigenvalue weighted by atomic mass is 16.4. The lowest BCUT2D eigenvalue weighted by Crippen LogP contribution is -2.41. The number of carboxylic acid groups (broad SMARTS) is 1. The molecule has 1 aliphatic carbocycles. The van der Waals surface area contributed by atoms with Gasteiger partial charge in [0.25, 0.3) is 0 Å². The summed E-state index contributed by atoms with van der Waals surface area (Å²) >= 11 is 0. The highest BCUT2D eigenvalue weighted by Crippen LogP contribution is 2.24. The zero-order valence-corrected chi connectivity index (χ0v) is 12.9. The summed E-state index contributed by atoms with van der Waals surface area (Å²) < 4.78 is 0. The molecule has 1 rings (SSSR count). The van der Waals surface area contributed by atoms with E-state index < -0.39 is 5.97 Å². The molecule has 1 fully saturated rings. The van der Waals surface area contributed by atoms with E-state index in [0.717, 1.165) is 25.7 Å². The van der Waals surface area contributed by atoms with Crippen LogP contribution in [0.1, 0.15) is 52.4 Å². The normalized spacial score (nSPS) is 16.5. The summed E-state index contributed by atoms with van der Waals surface area (Å²) in [6.07, 6.45) is 4.25. The lowest BCUT2D eigenvalue weighted by molar-refractivity contribution is -0.140. The van der Waals surface area contributed by atoms with E-state index in [1.165, 1.54) is 0 Å². The van der Waals surface area contributed by atoms with E-state index in [1.54, 1.807) is 11.8 Å². The van der Waals surface area contributed by atoms with Crippen LogP contribution in [-0.2, 0) is 14.4 Å². The fraction of sp³-hybridized carbons (Fsp3) is 0.800. The summed E-state index contributed by atoms with van der Waals surface area (Å²) in [4.78, 5) is 36.2. The monoisotopic (exact) mass is 298 g/mol. The second-order valence-electron chi connectivity index (χ2n) is 5.65. The standard InChI is InChI=1S/C15H26N2O4/c1-3-17(11(2)10-14(19)20)13(18)8-9-16-15(21)12-6-4-5-7-12/h11-12H,3-10H2,1-2H3,(H,16,21)(H,19,20). The first-order chi connectivity index (χ1) is 9.95. The summed E-state index contributed by atoms with van der Waals surface area (Å²) in [5, 5.41) is 11.6. The molecule has 2 N–H and O–H groups in total. The van der Waals surface area contributed by atoms with E-state index in [2.05, 4.69) is 5.32 Å². The van der Waals surface area contributed by atoms with Gasteiger partial charge in [0.05, 0.1) is 6.42 Å². The Morgan fingerprint density at radius 3 is 2.43 bits per heavy atom. The van der Waals surface area contributed by atoms with Crippen LogP contribution in [0.3, 0.4) is 0 Å². The molecule has 0 aliphatic heterocycles. The first kappa shape index (κ1) is 17.5. The van der Waals surface area contributed by atoms with E-state index in [1.807, 2.05) is 6.92 Å². The number of aliphatic carboxylic acids is 1. The zero-order valence-electron chi connectivity index (χ0n) is 12.9. The predicted molar refractivity (Wildman–Crippen MR) is 78.7 cm³/mol. The molecule has 1 unspecified atom stereocenters. The van der Waals surface area contributed by atoms with Gasteiger partial charge in [-0.05, 0) is 26.7 Å². The molecule has 21 heavy (non-hydrogen) atoms. The van der Waals surface area contributed by atoms with Crippen LogP contribution >= 0.6 is 0 Å². The molecule has 0 bridgehead atoms. The highest BCUT2D eigenvalue weighted by Gasteiger charge is 2.23. The maximum Gasteiger partial charge on any atom is 0.305 e. The molecular weight excluding hydrogens is 272 g/mol. The van der Waals surface area contributed by atoms with Crippen molar-refractivity contribution in [3.63, 3.8) is 0 Å². The van der Waals surface area contributed by atoms with Gasteiger partial charge in [0.1, 0.15) is 0 Å². The number of carbonyl (C=O) groups is 3. The summed E-state index contributed by atoms with van der Waals surface area (Å²) in [7, 11) is 0. The Morgan fingerprint density at radius 2 is 1.90 bits per heavy atom. The number of hydrogen-bond acceptors (Lipinski definition) is 3. The maximum absolute atomic E-state index is 12.1. The van der Waals surface area contributed by atoms with Gasteiger partial charge < -0.3 is 15.3 Å². The number of amides is 2. The molecule has 6 nitrogen and oxygen atoms in total. The Hall–Kier alpha value is -1.59. The number of carbonyl (C=O) groups excluding carboxylic acids is 2. The minimum Gasteiger partial charge on any atom is -0.481 e. The Labute approximate surface area is 125 Å². The molecule has 1 aliphatic rings. The predicted octanol–water partition coefficient (Wildman–Crippen LogP) is 1.39. The topological polar surface area (TPSA) is 86.7 Å². The van der Waals surface area contributed by atoms with Gasteiger partial charge in [0.2, 0.25) is 11.8 Å². The number of carboxylic acids is 1. The quantitative estimate of drug-likeness (QED) is 0.709. The Morgan fingerprint density at radius 1 is 1.29 bits per heavy atom. The van der Waals surface area contributed by atoms with Crippen LogP contribution in [0, 0.1) is 5.92 Å². The third-order valence-electron chi connectivity index (χ3n) is 4.03. The summed E-state index contributed by atoms with van der Waals surface area (Å²) in [5.41, 5.74) is 0. The van der Waals surface area contributed by atoms with Gasteiger partial charge in [0.15, 0.2) is 0 Å². The summed E-state index contributed by atoms with van der Waals surface area (Å²) in [5.74, 6) is -0.878. The smallest absolute Gasteiger partial charge is 0.305 e. The van der Waals surface area contributed by atoms with Gasteiger partial charge in [-0.3, -0.25) is 14.4 Å². The largest absolute Gasteiger partial charge is 0.481 e. The maximum atomic E-state index is 12.1. The molecule has 0 radical (unpaired) electrons. The van der Waals surface area contributed by atoms with E-state index in [4.69, 9.17) is 5.11 Å². The second-order valence-corrected chi connectivity index (χ2v) is 5.65. The zero-order chi connectivity index (χ0) is 15.8. The number of nitrogens with one attached hydrogen (secondary N) is 1. The van der Waals surface area contributed by atoms with Crippen LogP contribution in [0.25, 0.3) is 0 Å². The van der Waals surface area contributed by atoms with Crippen molar-refractivity contribution in [2.75, 3.05) is 13.1 Å². The van der Waals surface area contributed by atoms with Crippen LogP contribution in [0.15, 0.2) is 0 Å². The second kappa shape index (κ2) is 8.64. The van der Waals surface area contributed by atoms with Crippen molar-refractivity contribution in [2.45, 2.75) is 58.4 Å². The molecule has 0 aromatic rings. The Balaban J connectivity index is 2.33. The molecule has 0 aromatic heterocycles. The fourth-order valence-corrected chi connectivity index (χ4v) is 2.87. The molecule has 0 spiro atoms. The third-order valence-corrected chi connectivity index (χ3v) is 4.03. The van der Waals surface area contributed by atoms with Crippen molar-refractivity contribution in [1.82, 2.24) is 10.2 Å². The molecular formula is C15H26N2O4. The molecule has 120 valence electrons. The number of nitrogens with zero attached hydrogens (tertiary/aromatic N) is 1. The Kier molecular flexibility index (Phi) is 7.19. The average molecular weight is 298 g/mol. The lowest BCUT2D eigenvalue weighted by Gasteiger charge is -2.27. The van der Waals surface area contributed by atoms with Crippen molar-refractivity contribution in [3.05, 3.63) is 0 Å². The number of rotatable bonds is 8. The van der Waals surface area contributed by atoms with E-state index in [-0.39, 0.29) is 36.6 Å². The minimum atomic E-state index is -0.914. The first-order valence-electron chi connectivity index (χ1n) is 7.74. The third kappa shape index (κ3) is 5.73. The van der Waals surface area contributed by atoms with Crippen LogP contribution in [0.5, 0.6) is 0 Å². The van der Waals surface area contributed by atoms with Crippen molar-refractivity contribution in [2.24, 2.45) is 5.92 Å². The lowest BCUT2D eigenvalue weighted by atomic mass is 10.1. The van der Waals surface area contributed by atoms with Gasteiger partial charge in [-0.15, -0.1) is 0 Å². The first-order valence-corrected chi connectivity index (χ1v) is 7.74. The molecule has 0 saturated heterocycles. The van der Waals surface area contributed by atoms with Crippen LogP contribution in [-0.4, -0.2) is 46.9 Å². The molecule has 1 atom stereocenters. The van der Waals surface area contributed by atoms with Crippen molar-refractivity contribution in [1.29, 1.82) is 0 Å². The SMILES string of the molecule is CCN(C(=O)CCNC(=O)C1CCCC1)C(C)CC(=O)O. The van der Waals surface area contributed by atoms with Crippen LogP contribution in [0.2, 0.25) is 0 Å². The van der Waals surface area contributed by atoms with E-state index in [0.29, 0.717) is 13.1 Å². The summed E-state index contributed by atoms with van der Waals surface area (Å²) in [6, 6.07) is -0.328. The summed E-state index contributed by atoms with van der Waals surface area (Å²) in [6.45, 7) is 4.36. The van der Waals surface area contributed by atoms with E-state index in [9.17, 15) is 14.4 Å². The molecule has 0 aromatic carbocycles. The van der Waals surface area contributed by atoms with Gasteiger partial charge in [-0.1, -0.05) is 12.8 Å². The Bertz CT molecular complexity index is 378.